The molecule has 184 valence electrons. The zero-order chi connectivity index (χ0) is 25.4. The Morgan fingerprint density at radius 2 is 1.06 bits per heavy atom. The topological polar surface area (TPSA) is 43.4 Å². The van der Waals surface area contributed by atoms with Crippen LogP contribution in [0.25, 0.3) is 0 Å². The largest absolute Gasteiger partial charge is 0.426 e. The Balaban J connectivity index is 2.35. The van der Waals surface area contributed by atoms with E-state index in [9.17, 15) is 34.8 Å². The van der Waals surface area contributed by atoms with Gasteiger partial charge in [0.2, 0.25) is 0 Å². The van der Waals surface area contributed by atoms with E-state index in [4.69, 9.17) is 3.63 Å². The van der Waals surface area contributed by atoms with Crippen LogP contribution < -0.4 is 0 Å². The molecule has 0 aliphatic carbocycles. The van der Waals surface area contributed by atoms with Crippen LogP contribution >= 0.6 is 10.3 Å². The van der Waals surface area contributed by atoms with Crippen molar-refractivity contribution >= 4 is 20.4 Å². The van der Waals surface area contributed by atoms with Crippen molar-refractivity contribution in [2.75, 3.05) is 0 Å². The van der Waals surface area contributed by atoms with Gasteiger partial charge in [0.05, 0.1) is 0 Å². The second-order valence-corrected chi connectivity index (χ2v) is 12.0. The summed E-state index contributed by atoms with van der Waals surface area (Å²) in [6, 6.07) is 19.5. The van der Waals surface area contributed by atoms with Crippen LogP contribution in [0.5, 0.6) is 0 Å². The highest BCUT2D eigenvalue weighted by atomic mass is 32.3. The molecule has 11 heteroatoms. The average molecular weight is 523 g/mol. The van der Waals surface area contributed by atoms with Crippen LogP contribution in [0, 0.1) is 13.8 Å². The van der Waals surface area contributed by atoms with Crippen molar-refractivity contribution in [2.24, 2.45) is 0 Å². The van der Waals surface area contributed by atoms with Crippen molar-refractivity contribution in [3.8, 4) is 0 Å². The summed E-state index contributed by atoms with van der Waals surface area (Å²) in [5.74, 6) is 0. The molecule has 0 aromatic heterocycles. The first-order valence-electron chi connectivity index (χ1n) is 9.78. The normalized spacial score (nSPS) is 14.6. The fourth-order valence-electron chi connectivity index (χ4n) is 3.10. The van der Waals surface area contributed by atoms with Gasteiger partial charge in [-0.05, 0) is 60.6 Å². The van der Waals surface area contributed by atoms with Gasteiger partial charge in [0, 0.05) is 14.7 Å². The first kappa shape index (κ1) is 26.1. The Labute approximate surface area is 195 Å². The monoisotopic (exact) mass is 522 g/mol. The van der Waals surface area contributed by atoms with E-state index in [1.54, 1.807) is 44.2 Å². The number of hydrogen-bond donors (Lipinski definition) is 0. The summed E-state index contributed by atoms with van der Waals surface area (Å²) < 4.78 is 112. The third-order valence-electron chi connectivity index (χ3n) is 4.89. The summed E-state index contributed by atoms with van der Waals surface area (Å²) in [5, 5.41) is -5.90. The van der Waals surface area contributed by atoms with Gasteiger partial charge in [0.1, 0.15) is 0 Å². The zero-order valence-electron chi connectivity index (χ0n) is 17.9. The lowest BCUT2D eigenvalue weighted by Crippen LogP contribution is -2.48. The molecule has 1 unspecified atom stereocenters. The standard InChI is InChI=1S/C23H20F6O3S2/c1-16-8-12-19(13-9-16)33(18-6-4-3-5-7-18,20-14-10-17(2)11-15-20)32-34(30,31)23(28,29)21(24)22(25,26)27/h3-15,21H,1-2H3. The Morgan fingerprint density at radius 3 is 1.44 bits per heavy atom. The van der Waals surface area contributed by atoms with E-state index in [2.05, 4.69) is 0 Å². The van der Waals surface area contributed by atoms with Crippen molar-refractivity contribution in [2.45, 2.75) is 46.1 Å². The molecule has 0 N–H and O–H groups in total. The second-order valence-electron chi connectivity index (χ2n) is 7.48. The minimum absolute atomic E-state index is 0.115. The van der Waals surface area contributed by atoms with Gasteiger partial charge in [-0.2, -0.15) is 30.4 Å². The summed E-state index contributed by atoms with van der Waals surface area (Å²) in [7, 11) is -10.0. The van der Waals surface area contributed by atoms with Crippen LogP contribution in [-0.4, -0.2) is 26.0 Å². The molecule has 0 amide bonds. The Kier molecular flexibility index (Phi) is 7.12. The summed E-state index contributed by atoms with van der Waals surface area (Å²) in [5.41, 5.74) is 1.51. The molecular weight excluding hydrogens is 502 g/mol. The van der Waals surface area contributed by atoms with Crippen LogP contribution in [-0.2, 0) is 13.7 Å². The smallest absolute Gasteiger partial charge is 0.229 e. The second kappa shape index (κ2) is 9.27. The molecule has 3 aromatic carbocycles. The SMILES string of the molecule is Cc1ccc(S(OS(=O)(=O)C(F)(F)C(F)C(F)(F)F)(c2ccccc2)c2ccc(C)cc2)cc1. The van der Waals surface area contributed by atoms with Gasteiger partial charge in [-0.3, -0.25) is 0 Å². The molecule has 0 aliphatic heterocycles. The lowest BCUT2D eigenvalue weighted by Gasteiger charge is -2.40. The Bertz CT molecular complexity index is 1180. The van der Waals surface area contributed by atoms with Crippen molar-refractivity contribution in [1.82, 2.24) is 0 Å². The highest BCUT2D eigenvalue weighted by Crippen LogP contribution is 2.70. The maximum Gasteiger partial charge on any atom is 0.426 e. The molecule has 3 rings (SSSR count). The fraction of sp³-hybridized carbons (Fsp3) is 0.217. The van der Waals surface area contributed by atoms with Crippen molar-refractivity contribution in [3.63, 3.8) is 0 Å². The van der Waals surface area contributed by atoms with E-state index in [1.165, 1.54) is 48.5 Å². The van der Waals surface area contributed by atoms with Crippen LogP contribution in [0.15, 0.2) is 93.5 Å². The van der Waals surface area contributed by atoms with Gasteiger partial charge in [-0.1, -0.05) is 53.6 Å². The number of benzene rings is 3. The number of alkyl halides is 6. The van der Waals surface area contributed by atoms with E-state index in [1.807, 2.05) is 0 Å². The third kappa shape index (κ3) is 4.82. The van der Waals surface area contributed by atoms with Crippen LogP contribution in [0.4, 0.5) is 26.3 Å². The van der Waals surface area contributed by atoms with Gasteiger partial charge < -0.3 is 0 Å². The first-order valence-corrected chi connectivity index (χ1v) is 12.7. The van der Waals surface area contributed by atoms with Gasteiger partial charge in [0.15, 0.2) is 0 Å². The van der Waals surface area contributed by atoms with E-state index in [0.29, 0.717) is 0 Å². The van der Waals surface area contributed by atoms with Crippen molar-refractivity contribution in [3.05, 3.63) is 90.0 Å². The summed E-state index contributed by atoms with van der Waals surface area (Å²) in [6.07, 6.45) is -11.1. The van der Waals surface area contributed by atoms with Crippen molar-refractivity contribution < 1.29 is 38.4 Å². The van der Waals surface area contributed by atoms with Crippen molar-refractivity contribution in [1.29, 1.82) is 0 Å². The molecule has 0 bridgehead atoms. The molecule has 0 saturated heterocycles. The van der Waals surface area contributed by atoms with Gasteiger partial charge in [-0.25, -0.2) is 8.02 Å². The van der Waals surface area contributed by atoms with Gasteiger partial charge in [-0.15, -0.1) is 0 Å². The molecule has 0 aliphatic rings. The predicted molar refractivity (Wildman–Crippen MR) is 117 cm³/mol. The molecule has 0 spiro atoms. The first-order chi connectivity index (χ1) is 15.7. The van der Waals surface area contributed by atoms with E-state index < -0.39 is 38.0 Å². The minimum atomic E-state index is -6.46. The highest BCUT2D eigenvalue weighted by Gasteiger charge is 2.66. The summed E-state index contributed by atoms with van der Waals surface area (Å²) in [4.78, 5) is 0.356. The maximum atomic E-state index is 14.5. The minimum Gasteiger partial charge on any atom is -0.229 e. The summed E-state index contributed by atoms with van der Waals surface area (Å²) in [6.45, 7) is 3.47. The van der Waals surface area contributed by atoms with Gasteiger partial charge >= 0.3 is 21.5 Å². The number of halogens is 6. The lowest BCUT2D eigenvalue weighted by molar-refractivity contribution is -0.222. The molecule has 1 atom stereocenters. The highest BCUT2D eigenvalue weighted by molar-refractivity contribution is 8.33. The lowest BCUT2D eigenvalue weighted by atomic mass is 10.2. The number of hydrogen-bond acceptors (Lipinski definition) is 3. The fourth-order valence-corrected chi connectivity index (χ4v) is 8.26. The Hall–Kier alpha value is -2.50. The molecule has 0 fully saturated rings. The maximum absolute atomic E-state index is 14.5. The molecule has 0 radical (unpaired) electrons. The van der Waals surface area contributed by atoms with E-state index >= 15 is 0 Å². The van der Waals surface area contributed by atoms with Gasteiger partial charge in [0.25, 0.3) is 6.17 Å². The van der Waals surface area contributed by atoms with Crippen LogP contribution in [0.3, 0.4) is 0 Å². The van der Waals surface area contributed by atoms with E-state index in [-0.39, 0.29) is 14.7 Å². The average Bonchev–Trinajstić information content (AvgIpc) is 2.78. The molecule has 0 saturated carbocycles. The molecule has 3 nitrogen and oxygen atoms in total. The number of aryl methyl sites for hydroxylation is 2. The number of rotatable bonds is 7. The quantitative estimate of drug-likeness (QED) is 0.305. The van der Waals surface area contributed by atoms with Crippen LogP contribution in [0.1, 0.15) is 11.1 Å². The molecule has 0 heterocycles. The molecular formula is C23H20F6O3S2. The zero-order valence-corrected chi connectivity index (χ0v) is 19.5. The van der Waals surface area contributed by atoms with Crippen LogP contribution in [0.2, 0.25) is 0 Å². The summed E-state index contributed by atoms with van der Waals surface area (Å²) >= 11 is 0. The predicted octanol–water partition coefficient (Wildman–Crippen LogP) is 7.34. The molecule has 34 heavy (non-hydrogen) atoms. The molecule has 3 aromatic rings. The third-order valence-corrected chi connectivity index (χ3v) is 10.1. The Morgan fingerprint density at radius 1 is 0.676 bits per heavy atom. The van der Waals surface area contributed by atoms with E-state index in [0.717, 1.165) is 11.1 Å².